The molecule has 0 saturated heterocycles. The molecule has 1 saturated carbocycles. The molecule has 0 heterocycles. The maximum absolute atomic E-state index is 13.3. The van der Waals surface area contributed by atoms with Crippen LogP contribution in [0.15, 0.2) is 22.7 Å². The van der Waals surface area contributed by atoms with Crippen LogP contribution in [0.3, 0.4) is 0 Å². The molecule has 1 aromatic carbocycles. The highest BCUT2D eigenvalue weighted by Crippen LogP contribution is 2.31. The van der Waals surface area contributed by atoms with Gasteiger partial charge in [0.05, 0.1) is 10.9 Å². The van der Waals surface area contributed by atoms with Gasteiger partial charge in [-0.15, -0.1) is 0 Å². The molecule has 0 amide bonds. The number of benzene rings is 1. The Bertz CT molecular complexity index is 440. The molecule has 4 heteroatoms. The Hall–Kier alpha value is -1.03. The first kappa shape index (κ1) is 11.5. The average Bonchev–Trinajstić information content (AvgIpc) is 2.20. The monoisotopic (exact) mass is 284 g/mol. The molecule has 0 atom stereocenters. The van der Waals surface area contributed by atoms with Crippen molar-refractivity contribution < 1.29 is 14.0 Å². The molecule has 0 aliphatic heterocycles. The molecule has 84 valence electrons. The lowest BCUT2D eigenvalue weighted by Gasteiger charge is -2.20. The molecule has 0 spiro atoms. The number of hydrogen-bond donors (Lipinski definition) is 0. The summed E-state index contributed by atoms with van der Waals surface area (Å²) in [5.41, 5.74) is 0.724. The van der Waals surface area contributed by atoms with E-state index in [4.69, 9.17) is 0 Å². The van der Waals surface area contributed by atoms with E-state index in [0.717, 1.165) is 5.56 Å². The summed E-state index contributed by atoms with van der Waals surface area (Å²) in [5, 5.41) is 0. The molecule has 1 aliphatic rings. The predicted molar refractivity (Wildman–Crippen MR) is 60.7 cm³/mol. The largest absolute Gasteiger partial charge is 0.299 e. The van der Waals surface area contributed by atoms with E-state index in [0.29, 0.717) is 17.3 Å². The van der Waals surface area contributed by atoms with Crippen molar-refractivity contribution in [1.29, 1.82) is 0 Å². The van der Waals surface area contributed by atoms with Gasteiger partial charge in [0.15, 0.2) is 0 Å². The van der Waals surface area contributed by atoms with E-state index in [1.54, 1.807) is 12.1 Å². The minimum Gasteiger partial charge on any atom is -0.299 e. The van der Waals surface area contributed by atoms with Crippen molar-refractivity contribution in [2.45, 2.75) is 25.2 Å². The molecule has 0 unspecified atom stereocenters. The van der Waals surface area contributed by atoms with Gasteiger partial charge in [0.25, 0.3) is 0 Å². The Balaban J connectivity index is 2.26. The molecule has 0 bridgehead atoms. The minimum absolute atomic E-state index is 0.0372. The zero-order valence-corrected chi connectivity index (χ0v) is 10.1. The minimum atomic E-state index is -0.358. The predicted octanol–water partition coefficient (Wildman–Crippen LogP) is 2.99. The van der Waals surface area contributed by atoms with Crippen LogP contribution in [-0.4, -0.2) is 11.6 Å². The van der Waals surface area contributed by atoms with Crippen LogP contribution in [0.2, 0.25) is 0 Å². The first-order valence-electron chi connectivity index (χ1n) is 5.04. The molecule has 0 N–H and O–H groups in total. The van der Waals surface area contributed by atoms with Crippen molar-refractivity contribution in [3.63, 3.8) is 0 Å². The Kier molecular flexibility index (Phi) is 3.19. The van der Waals surface area contributed by atoms with Crippen LogP contribution in [0.25, 0.3) is 0 Å². The SMILES string of the molecule is O=C1CC(=O)CC(c2ccc(Br)c(F)c2)C1. The van der Waals surface area contributed by atoms with Crippen LogP contribution in [0.1, 0.15) is 30.7 Å². The van der Waals surface area contributed by atoms with E-state index in [1.165, 1.54) is 6.07 Å². The van der Waals surface area contributed by atoms with Crippen LogP contribution in [0, 0.1) is 5.82 Å². The third-order valence-corrected chi connectivity index (χ3v) is 3.40. The fourth-order valence-electron chi connectivity index (χ4n) is 1.99. The Labute approximate surface area is 101 Å². The molecular formula is C12H10BrFO2. The second-order valence-corrected chi connectivity index (χ2v) is 4.89. The summed E-state index contributed by atoms with van der Waals surface area (Å²) < 4.78 is 13.7. The van der Waals surface area contributed by atoms with Gasteiger partial charge in [-0.05, 0) is 39.5 Å². The number of carbonyl (C=O) groups is 2. The number of rotatable bonds is 1. The third-order valence-electron chi connectivity index (χ3n) is 2.76. The summed E-state index contributed by atoms with van der Waals surface area (Å²) in [7, 11) is 0. The summed E-state index contributed by atoms with van der Waals surface area (Å²) in [5.74, 6) is -0.617. The number of carbonyl (C=O) groups excluding carboxylic acids is 2. The summed E-state index contributed by atoms with van der Waals surface area (Å²) in [6, 6.07) is 4.75. The van der Waals surface area contributed by atoms with E-state index < -0.39 is 0 Å². The van der Waals surface area contributed by atoms with Gasteiger partial charge in [0, 0.05) is 12.8 Å². The van der Waals surface area contributed by atoms with E-state index >= 15 is 0 Å². The molecule has 1 fully saturated rings. The van der Waals surface area contributed by atoms with Gasteiger partial charge in [-0.2, -0.15) is 0 Å². The van der Waals surface area contributed by atoms with Crippen molar-refractivity contribution in [3.05, 3.63) is 34.1 Å². The van der Waals surface area contributed by atoms with E-state index in [2.05, 4.69) is 15.9 Å². The van der Waals surface area contributed by atoms with E-state index in [-0.39, 0.29) is 29.7 Å². The lowest BCUT2D eigenvalue weighted by atomic mass is 9.83. The summed E-state index contributed by atoms with van der Waals surface area (Å²) in [6.45, 7) is 0. The normalized spacial score (nSPS) is 17.9. The smallest absolute Gasteiger partial charge is 0.140 e. The maximum Gasteiger partial charge on any atom is 0.140 e. The van der Waals surface area contributed by atoms with Crippen molar-refractivity contribution in [1.82, 2.24) is 0 Å². The van der Waals surface area contributed by atoms with E-state index in [1.807, 2.05) is 0 Å². The molecular weight excluding hydrogens is 275 g/mol. The summed E-state index contributed by atoms with van der Waals surface area (Å²) in [6.07, 6.45) is 0.717. The third kappa shape index (κ3) is 2.38. The van der Waals surface area contributed by atoms with Crippen LogP contribution in [-0.2, 0) is 9.59 Å². The number of halogens is 2. The van der Waals surface area contributed by atoms with Gasteiger partial charge >= 0.3 is 0 Å². The van der Waals surface area contributed by atoms with E-state index in [9.17, 15) is 14.0 Å². The topological polar surface area (TPSA) is 34.1 Å². The molecule has 0 aromatic heterocycles. The van der Waals surface area contributed by atoms with Crippen molar-refractivity contribution in [3.8, 4) is 0 Å². The Morgan fingerprint density at radius 1 is 1.19 bits per heavy atom. The fraction of sp³-hybridized carbons (Fsp3) is 0.333. The number of Topliss-reactive ketones (excluding diaryl/α,β-unsaturated/α-hetero) is 2. The second kappa shape index (κ2) is 4.45. The number of ketones is 2. The highest BCUT2D eigenvalue weighted by molar-refractivity contribution is 9.10. The average molecular weight is 285 g/mol. The van der Waals surface area contributed by atoms with Crippen LogP contribution in [0.5, 0.6) is 0 Å². The van der Waals surface area contributed by atoms with Gasteiger partial charge in [-0.25, -0.2) is 4.39 Å². The van der Waals surface area contributed by atoms with Gasteiger partial charge in [0.1, 0.15) is 17.4 Å². The van der Waals surface area contributed by atoms with Crippen LogP contribution < -0.4 is 0 Å². The first-order chi connectivity index (χ1) is 7.56. The Morgan fingerprint density at radius 3 is 2.38 bits per heavy atom. The second-order valence-electron chi connectivity index (χ2n) is 4.03. The lowest BCUT2D eigenvalue weighted by molar-refractivity contribution is -0.130. The zero-order chi connectivity index (χ0) is 11.7. The highest BCUT2D eigenvalue weighted by atomic mass is 79.9. The van der Waals surface area contributed by atoms with Gasteiger partial charge in [0.2, 0.25) is 0 Å². The number of hydrogen-bond acceptors (Lipinski definition) is 2. The van der Waals surface area contributed by atoms with Crippen LogP contribution in [0.4, 0.5) is 4.39 Å². The lowest BCUT2D eigenvalue weighted by Crippen LogP contribution is -2.21. The van der Waals surface area contributed by atoms with Crippen LogP contribution >= 0.6 is 15.9 Å². The standard InChI is InChI=1S/C12H10BrFO2/c13-11-2-1-7(5-12(11)14)8-3-9(15)6-10(16)4-8/h1-2,5,8H,3-4,6H2. The molecule has 16 heavy (non-hydrogen) atoms. The highest BCUT2D eigenvalue weighted by Gasteiger charge is 2.26. The fourth-order valence-corrected chi connectivity index (χ4v) is 2.23. The van der Waals surface area contributed by atoms with Gasteiger partial charge < -0.3 is 0 Å². The van der Waals surface area contributed by atoms with Gasteiger partial charge in [-0.3, -0.25) is 9.59 Å². The Morgan fingerprint density at radius 2 is 1.81 bits per heavy atom. The molecule has 1 aromatic rings. The first-order valence-corrected chi connectivity index (χ1v) is 5.84. The van der Waals surface area contributed by atoms with Crippen molar-refractivity contribution in [2.75, 3.05) is 0 Å². The summed E-state index contributed by atoms with van der Waals surface area (Å²) in [4.78, 5) is 22.6. The quantitative estimate of drug-likeness (QED) is 0.743. The molecule has 2 rings (SSSR count). The summed E-state index contributed by atoms with van der Waals surface area (Å²) >= 11 is 3.07. The zero-order valence-electron chi connectivity index (χ0n) is 8.50. The van der Waals surface area contributed by atoms with Crippen molar-refractivity contribution >= 4 is 27.5 Å². The molecule has 2 nitrogen and oxygen atoms in total. The maximum atomic E-state index is 13.3. The van der Waals surface area contributed by atoms with Crippen molar-refractivity contribution in [2.24, 2.45) is 0 Å². The molecule has 1 aliphatic carbocycles. The molecule has 0 radical (unpaired) electrons. The van der Waals surface area contributed by atoms with Gasteiger partial charge in [-0.1, -0.05) is 6.07 Å².